The highest BCUT2D eigenvalue weighted by atomic mass is 16.5. The van der Waals surface area contributed by atoms with Crippen LogP contribution in [0.1, 0.15) is 57.1 Å². The monoisotopic (exact) mass is 233 g/mol. The molecule has 1 atom stereocenters. The van der Waals surface area contributed by atoms with Gasteiger partial charge in [-0.05, 0) is 50.3 Å². The molecule has 17 heavy (non-hydrogen) atoms. The van der Waals surface area contributed by atoms with Gasteiger partial charge in [0.25, 0.3) is 0 Å². The first-order chi connectivity index (χ1) is 8.25. The van der Waals surface area contributed by atoms with E-state index in [0.29, 0.717) is 6.10 Å². The van der Waals surface area contributed by atoms with Gasteiger partial charge in [-0.15, -0.1) is 0 Å². The van der Waals surface area contributed by atoms with Gasteiger partial charge in [-0.3, -0.25) is 0 Å². The molecular formula is C15H23NO. The molecule has 0 radical (unpaired) electrons. The minimum Gasteiger partial charge on any atom is -0.490 e. The zero-order valence-corrected chi connectivity index (χ0v) is 10.7. The molecule has 0 bridgehead atoms. The Morgan fingerprint density at radius 3 is 2.53 bits per heavy atom. The van der Waals surface area contributed by atoms with Crippen LogP contribution in [0.25, 0.3) is 0 Å². The van der Waals surface area contributed by atoms with Crippen LogP contribution in [-0.4, -0.2) is 6.10 Å². The molecule has 0 spiro atoms. The summed E-state index contributed by atoms with van der Waals surface area (Å²) in [6.07, 6.45) is 8.13. The Kier molecular flexibility index (Phi) is 4.43. The molecule has 2 rings (SSSR count). The van der Waals surface area contributed by atoms with E-state index in [-0.39, 0.29) is 6.04 Å². The molecule has 1 aromatic rings. The number of hydrogen-bond donors (Lipinski definition) is 1. The first kappa shape index (κ1) is 12.4. The van der Waals surface area contributed by atoms with E-state index in [0.717, 1.165) is 11.3 Å². The van der Waals surface area contributed by atoms with Gasteiger partial charge in [-0.2, -0.15) is 0 Å². The molecule has 1 saturated carbocycles. The SMILES string of the molecule is C[C@@H](N)c1cccc(OC2CCCCCC2)c1. The van der Waals surface area contributed by atoms with E-state index in [9.17, 15) is 0 Å². The molecule has 2 heteroatoms. The number of rotatable bonds is 3. The van der Waals surface area contributed by atoms with Crippen LogP contribution in [0.15, 0.2) is 24.3 Å². The summed E-state index contributed by atoms with van der Waals surface area (Å²) in [5.41, 5.74) is 7.03. The molecule has 0 aromatic heterocycles. The minimum absolute atomic E-state index is 0.0766. The average Bonchev–Trinajstić information content (AvgIpc) is 2.58. The third-order valence-electron chi connectivity index (χ3n) is 3.49. The fourth-order valence-corrected chi connectivity index (χ4v) is 2.42. The van der Waals surface area contributed by atoms with E-state index >= 15 is 0 Å². The van der Waals surface area contributed by atoms with Gasteiger partial charge in [-0.25, -0.2) is 0 Å². The second kappa shape index (κ2) is 6.06. The molecule has 1 fully saturated rings. The van der Waals surface area contributed by atoms with E-state index in [1.807, 2.05) is 19.1 Å². The Bertz CT molecular complexity index is 341. The van der Waals surface area contributed by atoms with E-state index in [4.69, 9.17) is 10.5 Å². The summed E-state index contributed by atoms with van der Waals surface area (Å²) in [5.74, 6) is 0.978. The zero-order chi connectivity index (χ0) is 12.1. The maximum atomic E-state index is 6.07. The molecule has 94 valence electrons. The Balaban J connectivity index is 1.99. The van der Waals surface area contributed by atoms with E-state index in [1.54, 1.807) is 0 Å². The van der Waals surface area contributed by atoms with E-state index < -0.39 is 0 Å². The molecule has 1 aliphatic carbocycles. The molecule has 2 nitrogen and oxygen atoms in total. The van der Waals surface area contributed by atoms with Crippen molar-refractivity contribution in [3.05, 3.63) is 29.8 Å². The van der Waals surface area contributed by atoms with Crippen LogP contribution in [0.4, 0.5) is 0 Å². The van der Waals surface area contributed by atoms with Gasteiger partial charge in [-0.1, -0.05) is 25.0 Å². The molecular weight excluding hydrogens is 210 g/mol. The number of nitrogens with two attached hydrogens (primary N) is 1. The maximum Gasteiger partial charge on any atom is 0.120 e. The van der Waals surface area contributed by atoms with Gasteiger partial charge in [0.05, 0.1) is 6.10 Å². The lowest BCUT2D eigenvalue weighted by Gasteiger charge is -2.18. The van der Waals surface area contributed by atoms with Crippen molar-refractivity contribution in [2.75, 3.05) is 0 Å². The summed E-state index contributed by atoms with van der Waals surface area (Å²) in [6, 6.07) is 8.29. The lowest BCUT2D eigenvalue weighted by molar-refractivity contribution is 0.183. The largest absolute Gasteiger partial charge is 0.490 e. The molecule has 0 heterocycles. The molecule has 0 saturated heterocycles. The zero-order valence-electron chi connectivity index (χ0n) is 10.7. The van der Waals surface area contributed by atoms with Crippen molar-refractivity contribution in [1.82, 2.24) is 0 Å². The van der Waals surface area contributed by atoms with Gasteiger partial charge in [0.1, 0.15) is 5.75 Å². The van der Waals surface area contributed by atoms with Crippen molar-refractivity contribution in [1.29, 1.82) is 0 Å². The summed E-state index contributed by atoms with van der Waals surface area (Å²) in [6.45, 7) is 2.00. The number of hydrogen-bond acceptors (Lipinski definition) is 2. The predicted octanol–water partition coefficient (Wildman–Crippen LogP) is 3.81. The van der Waals surface area contributed by atoms with Gasteiger partial charge in [0, 0.05) is 6.04 Å². The smallest absolute Gasteiger partial charge is 0.120 e. The van der Waals surface area contributed by atoms with Crippen molar-refractivity contribution in [3.63, 3.8) is 0 Å². The molecule has 0 aliphatic heterocycles. The van der Waals surface area contributed by atoms with Gasteiger partial charge < -0.3 is 10.5 Å². The van der Waals surface area contributed by atoms with Crippen LogP contribution in [0.5, 0.6) is 5.75 Å². The standard InChI is InChI=1S/C15H23NO/c1-12(16)13-7-6-10-15(11-13)17-14-8-4-2-3-5-9-14/h6-7,10-12,14H,2-5,8-9,16H2,1H3/t12-/m1/s1. The number of benzene rings is 1. The Morgan fingerprint density at radius 1 is 1.18 bits per heavy atom. The highest BCUT2D eigenvalue weighted by Crippen LogP contribution is 2.24. The molecule has 0 unspecified atom stereocenters. The van der Waals surface area contributed by atoms with Crippen LogP contribution in [0.3, 0.4) is 0 Å². The van der Waals surface area contributed by atoms with Crippen LogP contribution in [-0.2, 0) is 0 Å². The Hall–Kier alpha value is -1.02. The fraction of sp³-hybridized carbons (Fsp3) is 0.600. The van der Waals surface area contributed by atoms with Gasteiger partial charge in [0.2, 0.25) is 0 Å². The Morgan fingerprint density at radius 2 is 1.88 bits per heavy atom. The summed E-state index contributed by atoms with van der Waals surface area (Å²) < 4.78 is 6.07. The summed E-state index contributed by atoms with van der Waals surface area (Å²) in [7, 11) is 0. The first-order valence-electron chi connectivity index (χ1n) is 6.78. The molecule has 0 amide bonds. The van der Waals surface area contributed by atoms with Gasteiger partial charge in [0.15, 0.2) is 0 Å². The third kappa shape index (κ3) is 3.74. The third-order valence-corrected chi connectivity index (χ3v) is 3.49. The van der Waals surface area contributed by atoms with Crippen LogP contribution in [0, 0.1) is 0 Å². The highest BCUT2D eigenvalue weighted by Gasteiger charge is 2.13. The molecule has 1 aliphatic rings. The van der Waals surface area contributed by atoms with Crippen molar-refractivity contribution in [2.45, 2.75) is 57.6 Å². The maximum absolute atomic E-state index is 6.07. The summed E-state index contributed by atoms with van der Waals surface area (Å²) in [4.78, 5) is 0. The van der Waals surface area contributed by atoms with Crippen molar-refractivity contribution in [2.24, 2.45) is 5.73 Å². The van der Waals surface area contributed by atoms with Crippen molar-refractivity contribution < 1.29 is 4.74 Å². The van der Waals surface area contributed by atoms with Crippen LogP contribution < -0.4 is 10.5 Å². The van der Waals surface area contributed by atoms with Crippen molar-refractivity contribution in [3.8, 4) is 5.75 Å². The second-order valence-electron chi connectivity index (χ2n) is 5.09. The van der Waals surface area contributed by atoms with Crippen LogP contribution in [0.2, 0.25) is 0 Å². The van der Waals surface area contributed by atoms with Crippen LogP contribution >= 0.6 is 0 Å². The second-order valence-corrected chi connectivity index (χ2v) is 5.09. The summed E-state index contributed by atoms with van der Waals surface area (Å²) >= 11 is 0. The van der Waals surface area contributed by atoms with E-state index in [1.165, 1.54) is 38.5 Å². The highest BCUT2D eigenvalue weighted by molar-refractivity contribution is 5.30. The lowest BCUT2D eigenvalue weighted by Crippen LogP contribution is -2.15. The quantitative estimate of drug-likeness (QED) is 0.806. The summed E-state index contributed by atoms with van der Waals surface area (Å²) in [5, 5.41) is 0. The molecule has 1 aromatic carbocycles. The topological polar surface area (TPSA) is 35.2 Å². The number of ether oxygens (including phenoxy) is 1. The Labute approximate surface area is 104 Å². The normalized spacial score (nSPS) is 19.6. The lowest BCUT2D eigenvalue weighted by atomic mass is 10.1. The van der Waals surface area contributed by atoms with E-state index in [2.05, 4.69) is 12.1 Å². The fourth-order valence-electron chi connectivity index (χ4n) is 2.42. The minimum atomic E-state index is 0.0766. The average molecular weight is 233 g/mol. The predicted molar refractivity (Wildman–Crippen MR) is 71.2 cm³/mol. The first-order valence-corrected chi connectivity index (χ1v) is 6.78. The van der Waals surface area contributed by atoms with Gasteiger partial charge >= 0.3 is 0 Å². The molecule has 2 N–H and O–H groups in total. The van der Waals surface area contributed by atoms with Crippen molar-refractivity contribution >= 4 is 0 Å².